The Morgan fingerprint density at radius 1 is 1.30 bits per heavy atom. The van der Waals surface area contributed by atoms with Crippen LogP contribution in [0.3, 0.4) is 0 Å². The first-order valence-electron chi connectivity index (χ1n) is 7.51. The number of nitrogens with zero attached hydrogens (tertiary/aromatic N) is 3. The molecule has 0 atom stereocenters. The molecule has 2 heterocycles. The fourth-order valence-corrected chi connectivity index (χ4v) is 2.69. The van der Waals surface area contributed by atoms with Gasteiger partial charge in [-0.3, -0.25) is 9.20 Å². The van der Waals surface area contributed by atoms with Crippen LogP contribution in [0.1, 0.15) is 11.3 Å². The molecule has 0 radical (unpaired) electrons. The quantitative estimate of drug-likeness (QED) is 0.481. The van der Waals surface area contributed by atoms with E-state index in [0.717, 1.165) is 16.6 Å². The summed E-state index contributed by atoms with van der Waals surface area (Å²) in [5.74, 6) is -0.818. The molecular formula is C18H10BrF3N4O. The third-order valence-corrected chi connectivity index (χ3v) is 4.07. The van der Waals surface area contributed by atoms with Crippen molar-refractivity contribution in [1.82, 2.24) is 9.38 Å². The predicted octanol–water partition coefficient (Wildman–Crippen LogP) is 4.66. The maximum atomic E-state index is 12.8. The van der Waals surface area contributed by atoms with Crippen molar-refractivity contribution in [1.29, 1.82) is 5.26 Å². The van der Waals surface area contributed by atoms with Crippen molar-refractivity contribution in [2.45, 2.75) is 6.18 Å². The van der Waals surface area contributed by atoms with Crippen molar-refractivity contribution in [3.63, 3.8) is 0 Å². The highest BCUT2D eigenvalue weighted by Gasteiger charge is 2.30. The van der Waals surface area contributed by atoms with Gasteiger partial charge >= 0.3 is 6.18 Å². The SMILES string of the molecule is N#C/C(=C/c1cnc2ccc(Br)cn12)C(=O)Nc1cccc(C(F)(F)F)c1. The number of carbonyl (C=O) groups is 1. The van der Waals surface area contributed by atoms with Crippen molar-refractivity contribution in [2.24, 2.45) is 0 Å². The molecule has 3 rings (SSSR count). The summed E-state index contributed by atoms with van der Waals surface area (Å²) < 4.78 is 40.8. The van der Waals surface area contributed by atoms with Crippen molar-refractivity contribution in [2.75, 3.05) is 5.32 Å². The maximum Gasteiger partial charge on any atom is 0.416 e. The molecular weight excluding hydrogens is 425 g/mol. The molecule has 0 fully saturated rings. The molecule has 3 aromatic rings. The number of imidazole rings is 1. The largest absolute Gasteiger partial charge is 0.416 e. The number of carbonyl (C=O) groups excluding carboxylic acids is 1. The Bertz CT molecular complexity index is 1100. The van der Waals surface area contributed by atoms with Crippen LogP contribution < -0.4 is 5.32 Å². The maximum absolute atomic E-state index is 12.8. The molecule has 0 aliphatic rings. The molecule has 9 heteroatoms. The Labute approximate surface area is 159 Å². The van der Waals surface area contributed by atoms with Crippen LogP contribution >= 0.6 is 15.9 Å². The van der Waals surface area contributed by atoms with Crippen molar-refractivity contribution in [3.05, 3.63) is 70.1 Å². The molecule has 27 heavy (non-hydrogen) atoms. The number of halogens is 4. The second-order valence-corrected chi connectivity index (χ2v) is 6.38. The number of aromatic nitrogens is 2. The summed E-state index contributed by atoms with van der Waals surface area (Å²) in [4.78, 5) is 16.5. The Morgan fingerprint density at radius 3 is 2.78 bits per heavy atom. The highest BCUT2D eigenvalue weighted by atomic mass is 79.9. The van der Waals surface area contributed by atoms with Crippen LogP contribution in [0, 0.1) is 11.3 Å². The number of rotatable bonds is 3. The van der Waals surface area contributed by atoms with Gasteiger partial charge < -0.3 is 5.32 Å². The number of nitriles is 1. The lowest BCUT2D eigenvalue weighted by atomic mass is 10.1. The van der Waals surface area contributed by atoms with Crippen LogP contribution in [0.5, 0.6) is 0 Å². The molecule has 0 bridgehead atoms. The fraction of sp³-hybridized carbons (Fsp3) is 0.0556. The molecule has 136 valence electrons. The first-order valence-corrected chi connectivity index (χ1v) is 8.30. The summed E-state index contributed by atoms with van der Waals surface area (Å²) in [7, 11) is 0. The van der Waals surface area contributed by atoms with Gasteiger partial charge in [-0.1, -0.05) is 6.07 Å². The second-order valence-electron chi connectivity index (χ2n) is 5.46. The van der Waals surface area contributed by atoms with Crippen LogP contribution in [-0.2, 0) is 11.0 Å². The Balaban J connectivity index is 1.89. The number of amides is 1. The summed E-state index contributed by atoms with van der Waals surface area (Å²) in [5.41, 5.74) is -0.137. The van der Waals surface area contributed by atoms with E-state index < -0.39 is 17.6 Å². The van der Waals surface area contributed by atoms with Gasteiger partial charge in [-0.2, -0.15) is 18.4 Å². The number of benzene rings is 1. The van der Waals surface area contributed by atoms with E-state index in [1.165, 1.54) is 24.4 Å². The van der Waals surface area contributed by atoms with Crippen LogP contribution in [-0.4, -0.2) is 15.3 Å². The first kappa shape index (κ1) is 18.7. The molecule has 2 aromatic heterocycles. The third-order valence-electron chi connectivity index (χ3n) is 3.60. The van der Waals surface area contributed by atoms with Gasteiger partial charge in [0.25, 0.3) is 5.91 Å². The van der Waals surface area contributed by atoms with Crippen molar-refractivity contribution >= 4 is 39.2 Å². The third kappa shape index (κ3) is 4.17. The number of alkyl halides is 3. The molecule has 1 N–H and O–H groups in total. The lowest BCUT2D eigenvalue weighted by Crippen LogP contribution is -2.14. The summed E-state index contributed by atoms with van der Waals surface area (Å²) >= 11 is 3.32. The zero-order valence-corrected chi connectivity index (χ0v) is 15.0. The van der Waals surface area contributed by atoms with E-state index in [1.54, 1.807) is 28.8 Å². The average molecular weight is 435 g/mol. The highest BCUT2D eigenvalue weighted by Crippen LogP contribution is 2.30. The molecule has 0 spiro atoms. The van der Waals surface area contributed by atoms with Crippen LogP contribution in [0.4, 0.5) is 18.9 Å². The van der Waals surface area contributed by atoms with Gasteiger partial charge in [0.1, 0.15) is 17.3 Å². The van der Waals surface area contributed by atoms with Gasteiger partial charge in [0.2, 0.25) is 0 Å². The normalized spacial score (nSPS) is 12.0. The van der Waals surface area contributed by atoms with E-state index in [9.17, 15) is 23.2 Å². The topological polar surface area (TPSA) is 70.2 Å². The molecule has 0 saturated heterocycles. The summed E-state index contributed by atoms with van der Waals surface area (Å²) in [5, 5.41) is 11.6. The van der Waals surface area contributed by atoms with Gasteiger partial charge in [0, 0.05) is 16.4 Å². The van der Waals surface area contributed by atoms with E-state index in [2.05, 4.69) is 26.2 Å². The minimum absolute atomic E-state index is 0.0585. The fourth-order valence-electron chi connectivity index (χ4n) is 2.35. The Hall–Kier alpha value is -3.12. The van der Waals surface area contributed by atoms with E-state index in [-0.39, 0.29) is 11.3 Å². The van der Waals surface area contributed by atoms with Crippen molar-refractivity contribution in [3.8, 4) is 6.07 Å². The molecule has 5 nitrogen and oxygen atoms in total. The van der Waals surface area contributed by atoms with Crippen molar-refractivity contribution < 1.29 is 18.0 Å². The minimum Gasteiger partial charge on any atom is -0.321 e. The highest BCUT2D eigenvalue weighted by molar-refractivity contribution is 9.10. The van der Waals surface area contributed by atoms with Gasteiger partial charge in [0.05, 0.1) is 17.5 Å². The monoisotopic (exact) mass is 434 g/mol. The van der Waals surface area contributed by atoms with E-state index >= 15 is 0 Å². The predicted molar refractivity (Wildman–Crippen MR) is 96.6 cm³/mol. The molecule has 0 aliphatic heterocycles. The smallest absolute Gasteiger partial charge is 0.321 e. The molecule has 0 saturated carbocycles. The van der Waals surface area contributed by atoms with Crippen LogP contribution in [0.25, 0.3) is 11.7 Å². The van der Waals surface area contributed by atoms with Gasteiger partial charge in [-0.05, 0) is 52.3 Å². The lowest BCUT2D eigenvalue weighted by Gasteiger charge is -2.09. The number of anilines is 1. The lowest BCUT2D eigenvalue weighted by molar-refractivity contribution is -0.137. The zero-order valence-electron chi connectivity index (χ0n) is 13.5. The van der Waals surface area contributed by atoms with Gasteiger partial charge in [-0.25, -0.2) is 4.98 Å². The summed E-state index contributed by atoms with van der Waals surface area (Å²) in [6.07, 6.45) is -0.0154. The summed E-state index contributed by atoms with van der Waals surface area (Å²) in [6.45, 7) is 0. The van der Waals surface area contributed by atoms with Gasteiger partial charge in [0.15, 0.2) is 0 Å². The zero-order chi connectivity index (χ0) is 19.6. The Morgan fingerprint density at radius 2 is 2.07 bits per heavy atom. The van der Waals surface area contributed by atoms with E-state index in [1.807, 2.05) is 0 Å². The number of hydrogen-bond donors (Lipinski definition) is 1. The Kier molecular flexibility index (Phi) is 5.01. The number of nitrogens with one attached hydrogen (secondary N) is 1. The molecule has 1 aromatic carbocycles. The number of hydrogen-bond acceptors (Lipinski definition) is 3. The first-order chi connectivity index (χ1) is 12.8. The molecule has 0 unspecified atom stereocenters. The van der Waals surface area contributed by atoms with Crippen LogP contribution in [0.15, 0.2) is 58.8 Å². The van der Waals surface area contributed by atoms with E-state index in [0.29, 0.717) is 11.3 Å². The number of fused-ring (bicyclic) bond motifs is 1. The van der Waals surface area contributed by atoms with Gasteiger partial charge in [-0.15, -0.1) is 0 Å². The van der Waals surface area contributed by atoms with Crippen LogP contribution in [0.2, 0.25) is 0 Å². The summed E-state index contributed by atoms with van der Waals surface area (Å²) in [6, 6.07) is 9.49. The molecule has 1 amide bonds. The second kappa shape index (κ2) is 7.25. The number of pyridine rings is 1. The average Bonchev–Trinajstić information content (AvgIpc) is 3.01. The standard InChI is InChI=1S/C18H10BrF3N4O/c19-13-4-5-16-24-9-15(26(16)10-13)6-11(8-23)17(27)25-14-3-1-2-12(7-14)18(20,21)22/h1-7,9-10H,(H,25,27)/b11-6-. The van der Waals surface area contributed by atoms with E-state index in [4.69, 9.17) is 0 Å². The minimum atomic E-state index is -4.53. The molecule has 0 aliphatic carbocycles.